The average Bonchev–Trinajstić information content (AvgIpc) is 3.01. The van der Waals surface area contributed by atoms with E-state index in [1.165, 1.54) is 24.1 Å². The number of ether oxygens (including phenoxy) is 2. The molecule has 2 aromatic rings. The molecule has 0 aliphatic carbocycles. The van der Waals surface area contributed by atoms with E-state index in [2.05, 4.69) is 0 Å². The summed E-state index contributed by atoms with van der Waals surface area (Å²) in [6.45, 7) is 8.32. The number of carbonyl (C=O) groups excluding carboxylic acids is 2. The average molecular weight is 454 g/mol. The number of carbonyl (C=O) groups is 2. The summed E-state index contributed by atoms with van der Waals surface area (Å²) in [6, 6.07) is 9.14. The Kier molecular flexibility index (Phi) is 7.43. The standard InChI is InChI=1S/C26H31NO6/c1-15(2)33-12-6-11-27-22(18-7-9-19(28)10-8-18)21(24(30)26(27)31)23(29)20-14-16(3)13-17(4)25(20)32-5/h7-10,13-15,22,28-29H,6,11-12H2,1-5H3/b23-21+. The Morgan fingerprint density at radius 2 is 1.79 bits per heavy atom. The minimum Gasteiger partial charge on any atom is -0.508 e. The van der Waals surface area contributed by atoms with Crippen LogP contribution in [0.15, 0.2) is 42.0 Å². The number of nitrogens with zero attached hydrogens (tertiary/aromatic N) is 1. The number of phenolic OH excluding ortho intramolecular Hbond substituents is 1. The molecule has 1 fully saturated rings. The highest BCUT2D eigenvalue weighted by molar-refractivity contribution is 6.46. The number of phenols is 1. The Morgan fingerprint density at radius 1 is 1.12 bits per heavy atom. The first-order chi connectivity index (χ1) is 15.6. The van der Waals surface area contributed by atoms with Crippen LogP contribution in [0.5, 0.6) is 11.5 Å². The first-order valence-corrected chi connectivity index (χ1v) is 11.0. The summed E-state index contributed by atoms with van der Waals surface area (Å²) in [5.41, 5.74) is 2.66. The van der Waals surface area contributed by atoms with Crippen molar-refractivity contribution in [2.45, 2.75) is 46.3 Å². The number of ketones is 1. The second kappa shape index (κ2) is 10.1. The number of aliphatic hydroxyl groups excluding tert-OH is 1. The van der Waals surface area contributed by atoms with Crippen molar-refractivity contribution in [1.82, 2.24) is 4.90 Å². The predicted octanol–water partition coefficient (Wildman–Crippen LogP) is 4.25. The molecule has 1 atom stereocenters. The minimum atomic E-state index is -0.796. The van der Waals surface area contributed by atoms with E-state index in [4.69, 9.17) is 9.47 Å². The summed E-state index contributed by atoms with van der Waals surface area (Å²) >= 11 is 0. The Morgan fingerprint density at radius 3 is 2.39 bits per heavy atom. The first-order valence-electron chi connectivity index (χ1n) is 11.0. The molecule has 1 heterocycles. The van der Waals surface area contributed by atoms with Crippen LogP contribution in [0.2, 0.25) is 0 Å². The summed E-state index contributed by atoms with van der Waals surface area (Å²) < 4.78 is 11.1. The molecule has 2 aromatic carbocycles. The molecule has 0 spiro atoms. The Labute approximate surface area is 194 Å². The number of amides is 1. The molecular formula is C26H31NO6. The van der Waals surface area contributed by atoms with E-state index in [-0.39, 0.29) is 29.7 Å². The van der Waals surface area contributed by atoms with Crippen LogP contribution in [0.1, 0.15) is 48.6 Å². The van der Waals surface area contributed by atoms with E-state index in [0.717, 1.165) is 11.1 Å². The molecule has 0 radical (unpaired) electrons. The van der Waals surface area contributed by atoms with Crippen molar-refractivity contribution in [2.75, 3.05) is 20.3 Å². The topological polar surface area (TPSA) is 96.3 Å². The summed E-state index contributed by atoms with van der Waals surface area (Å²) in [5.74, 6) is -1.20. The first kappa shape index (κ1) is 24.3. The summed E-state index contributed by atoms with van der Waals surface area (Å²) in [4.78, 5) is 27.6. The molecule has 1 aliphatic heterocycles. The van der Waals surface area contributed by atoms with Gasteiger partial charge in [0.2, 0.25) is 0 Å². The molecule has 7 heteroatoms. The van der Waals surface area contributed by atoms with Gasteiger partial charge in [0.1, 0.15) is 17.3 Å². The van der Waals surface area contributed by atoms with Gasteiger partial charge in [0.25, 0.3) is 11.7 Å². The molecule has 2 N–H and O–H groups in total. The lowest BCUT2D eigenvalue weighted by molar-refractivity contribution is -0.140. The van der Waals surface area contributed by atoms with Crippen molar-refractivity contribution >= 4 is 17.4 Å². The third-order valence-corrected chi connectivity index (χ3v) is 5.62. The van der Waals surface area contributed by atoms with Gasteiger partial charge in [-0.2, -0.15) is 0 Å². The van der Waals surface area contributed by atoms with E-state index in [1.807, 2.05) is 33.8 Å². The number of Topliss-reactive ketones (excluding diaryl/α,β-unsaturated/α-hetero) is 1. The van der Waals surface area contributed by atoms with Crippen LogP contribution in [0.4, 0.5) is 0 Å². The molecule has 176 valence electrons. The highest BCUT2D eigenvalue weighted by atomic mass is 16.5. The fourth-order valence-electron chi connectivity index (χ4n) is 4.21. The van der Waals surface area contributed by atoms with E-state index < -0.39 is 17.7 Å². The maximum absolute atomic E-state index is 13.2. The summed E-state index contributed by atoms with van der Waals surface area (Å²) in [5, 5.41) is 21.1. The number of aliphatic hydroxyl groups is 1. The van der Waals surface area contributed by atoms with Gasteiger partial charge in [-0.25, -0.2) is 0 Å². The zero-order chi connectivity index (χ0) is 24.3. The number of hydrogen-bond donors (Lipinski definition) is 2. The van der Waals surface area contributed by atoms with Crippen LogP contribution in [0.25, 0.3) is 5.76 Å². The van der Waals surface area contributed by atoms with Crippen molar-refractivity contribution < 1.29 is 29.3 Å². The molecule has 0 bridgehead atoms. The van der Waals surface area contributed by atoms with Gasteiger partial charge < -0.3 is 24.6 Å². The van der Waals surface area contributed by atoms with Gasteiger partial charge in [-0.3, -0.25) is 9.59 Å². The van der Waals surface area contributed by atoms with Crippen LogP contribution < -0.4 is 4.74 Å². The van der Waals surface area contributed by atoms with E-state index >= 15 is 0 Å². The molecule has 1 aliphatic rings. The van der Waals surface area contributed by atoms with Gasteiger partial charge in [-0.1, -0.05) is 18.2 Å². The lowest BCUT2D eigenvalue weighted by Gasteiger charge is -2.26. The van der Waals surface area contributed by atoms with E-state index in [0.29, 0.717) is 29.9 Å². The zero-order valence-electron chi connectivity index (χ0n) is 19.7. The van der Waals surface area contributed by atoms with Gasteiger partial charge in [-0.05, 0) is 69.0 Å². The lowest BCUT2D eigenvalue weighted by Crippen LogP contribution is -2.31. The maximum atomic E-state index is 13.2. The van der Waals surface area contributed by atoms with Gasteiger partial charge in [0.05, 0.1) is 30.4 Å². The monoisotopic (exact) mass is 453 g/mol. The van der Waals surface area contributed by atoms with Crippen LogP contribution >= 0.6 is 0 Å². The fourth-order valence-corrected chi connectivity index (χ4v) is 4.21. The Bertz CT molecular complexity index is 1070. The molecule has 3 rings (SSSR count). The van der Waals surface area contributed by atoms with Gasteiger partial charge in [0, 0.05) is 13.2 Å². The van der Waals surface area contributed by atoms with E-state index in [9.17, 15) is 19.8 Å². The molecule has 0 saturated carbocycles. The number of benzene rings is 2. The normalized spacial score (nSPS) is 17.8. The second-order valence-corrected chi connectivity index (χ2v) is 8.52. The molecule has 1 unspecified atom stereocenters. The molecule has 7 nitrogen and oxygen atoms in total. The predicted molar refractivity (Wildman–Crippen MR) is 125 cm³/mol. The number of aromatic hydroxyl groups is 1. The quantitative estimate of drug-likeness (QED) is 0.268. The van der Waals surface area contributed by atoms with Crippen LogP contribution in [0, 0.1) is 13.8 Å². The van der Waals surface area contributed by atoms with Crippen LogP contribution in [-0.4, -0.2) is 53.2 Å². The molecule has 33 heavy (non-hydrogen) atoms. The third-order valence-electron chi connectivity index (χ3n) is 5.62. The Balaban J connectivity index is 2.13. The fraction of sp³-hybridized carbons (Fsp3) is 0.385. The largest absolute Gasteiger partial charge is 0.508 e. The van der Waals surface area contributed by atoms with Crippen molar-refractivity contribution in [3.63, 3.8) is 0 Å². The lowest BCUT2D eigenvalue weighted by atomic mass is 9.93. The Hall–Kier alpha value is -3.32. The highest BCUT2D eigenvalue weighted by Gasteiger charge is 2.46. The summed E-state index contributed by atoms with van der Waals surface area (Å²) in [7, 11) is 1.50. The molecule has 1 amide bonds. The van der Waals surface area contributed by atoms with Gasteiger partial charge in [0.15, 0.2) is 0 Å². The number of methoxy groups -OCH3 is 1. The van der Waals surface area contributed by atoms with Crippen molar-refractivity contribution in [1.29, 1.82) is 0 Å². The zero-order valence-corrected chi connectivity index (χ0v) is 19.7. The molecule has 1 saturated heterocycles. The number of hydrogen-bond acceptors (Lipinski definition) is 6. The van der Waals surface area contributed by atoms with E-state index in [1.54, 1.807) is 18.2 Å². The van der Waals surface area contributed by atoms with Gasteiger partial charge in [-0.15, -0.1) is 0 Å². The summed E-state index contributed by atoms with van der Waals surface area (Å²) in [6.07, 6.45) is 0.595. The van der Waals surface area contributed by atoms with Gasteiger partial charge >= 0.3 is 0 Å². The number of aryl methyl sites for hydroxylation is 2. The second-order valence-electron chi connectivity index (χ2n) is 8.52. The molecular weight excluding hydrogens is 422 g/mol. The maximum Gasteiger partial charge on any atom is 0.295 e. The van der Waals surface area contributed by atoms with Crippen molar-refractivity contribution in [3.05, 3.63) is 64.2 Å². The third kappa shape index (κ3) is 5.03. The highest BCUT2D eigenvalue weighted by Crippen LogP contribution is 2.42. The molecule has 0 aromatic heterocycles. The van der Waals surface area contributed by atoms with Crippen molar-refractivity contribution in [3.8, 4) is 11.5 Å². The van der Waals surface area contributed by atoms with Crippen LogP contribution in [0.3, 0.4) is 0 Å². The SMILES string of the molecule is COc1c(C)cc(C)cc1/C(O)=C1\C(=O)C(=O)N(CCCOC(C)C)C1c1ccc(O)cc1. The number of rotatable bonds is 8. The minimum absolute atomic E-state index is 0.00114. The van der Waals surface area contributed by atoms with Crippen LogP contribution in [-0.2, 0) is 14.3 Å². The van der Waals surface area contributed by atoms with Crippen molar-refractivity contribution in [2.24, 2.45) is 0 Å². The smallest absolute Gasteiger partial charge is 0.295 e. The number of likely N-dealkylation sites (tertiary alicyclic amines) is 1.